The first-order valence-electron chi connectivity index (χ1n) is 13.0. The van der Waals surface area contributed by atoms with Gasteiger partial charge in [0, 0.05) is 44.5 Å². The van der Waals surface area contributed by atoms with Crippen molar-refractivity contribution >= 4 is 5.91 Å². The van der Waals surface area contributed by atoms with Crippen molar-refractivity contribution in [3.8, 4) is 0 Å². The molecule has 3 fully saturated rings. The van der Waals surface area contributed by atoms with Crippen LogP contribution in [-0.4, -0.2) is 73.7 Å². The third kappa shape index (κ3) is 6.02. The minimum Gasteiger partial charge on any atom is -0.378 e. The van der Waals surface area contributed by atoms with Gasteiger partial charge in [0.05, 0.1) is 31.1 Å². The van der Waals surface area contributed by atoms with Crippen molar-refractivity contribution in [2.24, 2.45) is 0 Å². The maximum Gasteiger partial charge on any atom is 0.416 e. The smallest absolute Gasteiger partial charge is 0.378 e. The monoisotopic (exact) mass is 535 g/mol. The van der Waals surface area contributed by atoms with Crippen LogP contribution in [0.4, 0.5) is 17.6 Å². The van der Waals surface area contributed by atoms with Crippen LogP contribution in [0, 0.1) is 0 Å². The van der Waals surface area contributed by atoms with E-state index in [1.54, 1.807) is 17.0 Å². The van der Waals surface area contributed by atoms with Crippen LogP contribution < -0.4 is 16.0 Å². The molecule has 11 heteroatoms. The Kier molecular flexibility index (Phi) is 8.29. The number of morpholine rings is 1. The highest BCUT2D eigenvalue weighted by molar-refractivity contribution is 5.94. The first-order valence-corrected chi connectivity index (χ1v) is 13.0. The molecule has 3 aliphatic heterocycles. The second-order valence-corrected chi connectivity index (χ2v) is 9.95. The van der Waals surface area contributed by atoms with Crippen molar-refractivity contribution < 1.29 is 27.1 Å². The number of nitrogens with one attached hydrogen (secondary N) is 3. The summed E-state index contributed by atoms with van der Waals surface area (Å²) in [5.74, 6) is -0.0206. The fourth-order valence-corrected chi connectivity index (χ4v) is 5.48. The van der Waals surface area contributed by atoms with Crippen LogP contribution >= 0.6 is 0 Å². The molecular weight excluding hydrogens is 502 g/mol. The third-order valence-electron chi connectivity index (χ3n) is 7.55. The van der Waals surface area contributed by atoms with Crippen molar-refractivity contribution in [3.63, 3.8) is 0 Å². The summed E-state index contributed by atoms with van der Waals surface area (Å²) in [6.45, 7) is 3.73. The van der Waals surface area contributed by atoms with Crippen molar-refractivity contribution in [1.29, 1.82) is 0 Å². The molecule has 5 rings (SSSR count). The topological polar surface area (TPSA) is 68.9 Å². The minimum atomic E-state index is -4.38. The fraction of sp³-hybridized carbons (Fsp3) is 0.519. The maximum absolute atomic E-state index is 15.7. The quantitative estimate of drug-likeness (QED) is 0.494. The average molecular weight is 536 g/mol. The Labute approximate surface area is 219 Å². The lowest BCUT2D eigenvalue weighted by Crippen LogP contribution is -2.68. The second-order valence-electron chi connectivity index (χ2n) is 9.95. The summed E-state index contributed by atoms with van der Waals surface area (Å²) in [6.07, 6.45) is -5.25. The molecule has 3 aliphatic rings. The van der Waals surface area contributed by atoms with E-state index in [-0.39, 0.29) is 11.9 Å². The summed E-state index contributed by atoms with van der Waals surface area (Å²) < 4.78 is 60.0. The zero-order valence-electron chi connectivity index (χ0n) is 21.0. The molecule has 0 radical (unpaired) electrons. The van der Waals surface area contributed by atoms with Gasteiger partial charge in [0.25, 0.3) is 5.91 Å². The molecule has 4 unspecified atom stereocenters. The predicted molar refractivity (Wildman–Crippen MR) is 134 cm³/mol. The Balaban J connectivity index is 1.18. The molecule has 206 valence electrons. The van der Waals surface area contributed by atoms with Gasteiger partial charge in [-0.15, -0.1) is 0 Å². The van der Waals surface area contributed by atoms with Gasteiger partial charge >= 0.3 is 6.18 Å². The van der Waals surface area contributed by atoms with E-state index < -0.39 is 30.2 Å². The Morgan fingerprint density at radius 2 is 1.71 bits per heavy atom. The molecular formula is C27H33F4N5O2. The number of benzene rings is 2. The van der Waals surface area contributed by atoms with Crippen molar-refractivity contribution in [3.05, 3.63) is 70.8 Å². The number of alkyl halides is 4. The molecule has 3 heterocycles. The Morgan fingerprint density at radius 3 is 2.39 bits per heavy atom. The number of nitrogens with zero attached hydrogens (tertiary/aromatic N) is 2. The Bertz CT molecular complexity index is 1080. The molecule has 1 amide bonds. The lowest BCUT2D eigenvalue weighted by molar-refractivity contribution is -0.137. The summed E-state index contributed by atoms with van der Waals surface area (Å²) in [5, 5.41) is 9.56. The van der Waals surface area contributed by atoms with E-state index in [1.807, 2.05) is 17.0 Å². The molecule has 0 spiro atoms. The zero-order valence-corrected chi connectivity index (χ0v) is 21.0. The first kappa shape index (κ1) is 27.0. The predicted octanol–water partition coefficient (Wildman–Crippen LogP) is 3.25. The summed E-state index contributed by atoms with van der Waals surface area (Å²) in [5.41, 5.74) is 1.62. The zero-order chi connectivity index (χ0) is 26.7. The highest BCUT2D eigenvalue weighted by Crippen LogP contribution is 2.37. The molecule has 2 aromatic carbocycles. The number of amides is 1. The molecule has 38 heavy (non-hydrogen) atoms. The van der Waals surface area contributed by atoms with E-state index in [2.05, 4.69) is 16.0 Å². The standard InChI is InChI=1S/C27H33F4N5O2/c28-23-24(32-16-18-3-5-20(6-4-18)26(37)35-12-14-38-15-13-35)33-17-34-25(23)36-11-1-2-22(36)19-7-9-21(10-8-19)27(29,30)31/h3-10,22-25,32-34H,1-2,11-17H2. The van der Waals surface area contributed by atoms with Gasteiger partial charge in [-0.3, -0.25) is 25.6 Å². The number of halogens is 4. The van der Waals surface area contributed by atoms with Crippen LogP contribution in [0.3, 0.4) is 0 Å². The molecule has 4 atom stereocenters. The summed E-state index contributed by atoms with van der Waals surface area (Å²) in [7, 11) is 0. The van der Waals surface area contributed by atoms with Crippen molar-refractivity contribution in [1.82, 2.24) is 25.8 Å². The van der Waals surface area contributed by atoms with Gasteiger partial charge in [-0.1, -0.05) is 24.3 Å². The normalized spacial score (nSPS) is 27.0. The second kappa shape index (κ2) is 11.7. The summed E-state index contributed by atoms with van der Waals surface area (Å²) in [6, 6.07) is 12.4. The molecule has 3 N–H and O–H groups in total. The van der Waals surface area contributed by atoms with Crippen LogP contribution in [-0.2, 0) is 17.5 Å². The third-order valence-corrected chi connectivity index (χ3v) is 7.55. The van der Waals surface area contributed by atoms with E-state index in [1.165, 1.54) is 12.1 Å². The lowest BCUT2D eigenvalue weighted by atomic mass is 10.0. The number of rotatable bonds is 6. The Morgan fingerprint density at radius 1 is 1.00 bits per heavy atom. The first-order chi connectivity index (χ1) is 18.3. The Hall–Kier alpha value is -2.57. The van der Waals surface area contributed by atoms with Crippen LogP contribution in [0.5, 0.6) is 0 Å². The van der Waals surface area contributed by atoms with Crippen LogP contribution in [0.1, 0.15) is 45.9 Å². The number of carbonyl (C=O) groups is 1. The lowest BCUT2D eigenvalue weighted by Gasteiger charge is -2.42. The van der Waals surface area contributed by atoms with Gasteiger partial charge in [0.1, 0.15) is 0 Å². The molecule has 2 aromatic rings. The van der Waals surface area contributed by atoms with Gasteiger partial charge in [0.2, 0.25) is 0 Å². The number of hydrogen-bond donors (Lipinski definition) is 3. The molecule has 0 aliphatic carbocycles. The van der Waals surface area contributed by atoms with Crippen molar-refractivity contribution in [2.75, 3.05) is 39.5 Å². The van der Waals surface area contributed by atoms with E-state index in [4.69, 9.17) is 4.74 Å². The maximum atomic E-state index is 15.7. The average Bonchev–Trinajstić information content (AvgIpc) is 3.42. The van der Waals surface area contributed by atoms with Gasteiger partial charge < -0.3 is 9.64 Å². The summed E-state index contributed by atoms with van der Waals surface area (Å²) >= 11 is 0. The van der Waals surface area contributed by atoms with E-state index in [0.717, 1.165) is 36.1 Å². The largest absolute Gasteiger partial charge is 0.416 e. The molecule has 0 saturated carbocycles. The van der Waals surface area contributed by atoms with E-state index >= 15 is 4.39 Å². The number of likely N-dealkylation sites (tertiary alicyclic amines) is 1. The van der Waals surface area contributed by atoms with Gasteiger partial charge in [-0.25, -0.2) is 4.39 Å². The molecule has 3 saturated heterocycles. The SMILES string of the molecule is O=C(c1ccc(CNC2NCNC(N3CCCC3c3ccc(C(F)(F)F)cc3)C2F)cc1)N1CCOCC1. The van der Waals surface area contributed by atoms with E-state index in [0.29, 0.717) is 51.6 Å². The highest BCUT2D eigenvalue weighted by Gasteiger charge is 2.41. The number of carbonyl (C=O) groups excluding carboxylic acids is 1. The van der Waals surface area contributed by atoms with Gasteiger partial charge in [0.15, 0.2) is 6.17 Å². The minimum absolute atomic E-state index is 0.0206. The number of ether oxygens (including phenoxy) is 1. The molecule has 7 nitrogen and oxygen atoms in total. The van der Waals surface area contributed by atoms with Crippen LogP contribution in [0.25, 0.3) is 0 Å². The molecule has 0 aromatic heterocycles. The molecule has 0 bridgehead atoms. The van der Waals surface area contributed by atoms with E-state index in [9.17, 15) is 18.0 Å². The van der Waals surface area contributed by atoms with Gasteiger partial charge in [-0.05, 0) is 48.2 Å². The summed E-state index contributed by atoms with van der Waals surface area (Å²) in [4.78, 5) is 16.4. The van der Waals surface area contributed by atoms with Crippen LogP contribution in [0.15, 0.2) is 48.5 Å². The fourth-order valence-electron chi connectivity index (χ4n) is 5.48. The highest BCUT2D eigenvalue weighted by atomic mass is 19.4. The van der Waals surface area contributed by atoms with Crippen LogP contribution in [0.2, 0.25) is 0 Å². The van der Waals surface area contributed by atoms with Gasteiger partial charge in [-0.2, -0.15) is 13.2 Å². The number of hydrogen-bond acceptors (Lipinski definition) is 6. The van der Waals surface area contributed by atoms with Crippen molar-refractivity contribution in [2.45, 2.75) is 50.1 Å².